The molecule has 0 heterocycles. The van der Waals surface area contributed by atoms with E-state index in [1.54, 1.807) is 7.11 Å². The Morgan fingerprint density at radius 1 is 1.39 bits per heavy atom. The normalized spacial score (nSPS) is 14.6. The van der Waals surface area contributed by atoms with E-state index in [9.17, 15) is 13.9 Å². The molecule has 0 saturated heterocycles. The van der Waals surface area contributed by atoms with Gasteiger partial charge in [0.05, 0.1) is 12.2 Å². The summed E-state index contributed by atoms with van der Waals surface area (Å²) in [4.78, 5) is 0. The molecule has 5 heteroatoms. The fourth-order valence-electron chi connectivity index (χ4n) is 1.74. The molecule has 0 radical (unpaired) electrons. The Labute approximate surface area is 106 Å². The lowest BCUT2D eigenvalue weighted by molar-refractivity contribution is 0.0474. The molecule has 0 aliphatic rings. The van der Waals surface area contributed by atoms with Crippen molar-refractivity contribution in [2.45, 2.75) is 19.4 Å². The molecule has 0 aliphatic carbocycles. The Bertz CT molecular complexity index is 408. The van der Waals surface area contributed by atoms with Gasteiger partial charge in [0.25, 0.3) is 0 Å². The number of nitrogens with one attached hydrogen (secondary N) is 1. The Balaban J connectivity index is 2.87. The number of rotatable bonds is 6. The summed E-state index contributed by atoms with van der Waals surface area (Å²) in [5.41, 5.74) is -1.59. The van der Waals surface area contributed by atoms with Gasteiger partial charge in [-0.25, -0.2) is 8.78 Å². The standard InChI is InChI=1S/C13H19F2NO2/c1-9-4-5-10(14)11(12(9)15)13(2,17)8-16-6-7-18-3/h4-5,16-17H,6-8H2,1-3H3. The molecule has 0 aromatic heterocycles. The first-order chi connectivity index (χ1) is 8.40. The molecule has 1 rings (SSSR count). The van der Waals surface area contributed by atoms with Crippen LogP contribution in [0.3, 0.4) is 0 Å². The van der Waals surface area contributed by atoms with Crippen molar-refractivity contribution in [3.05, 3.63) is 34.9 Å². The van der Waals surface area contributed by atoms with E-state index in [1.807, 2.05) is 0 Å². The maximum absolute atomic E-state index is 13.9. The SMILES string of the molecule is COCCNCC(C)(O)c1c(F)ccc(C)c1F. The van der Waals surface area contributed by atoms with Crippen molar-refractivity contribution < 1.29 is 18.6 Å². The van der Waals surface area contributed by atoms with Crippen LogP contribution in [0.25, 0.3) is 0 Å². The summed E-state index contributed by atoms with van der Waals surface area (Å²) in [5.74, 6) is -1.44. The zero-order chi connectivity index (χ0) is 13.8. The van der Waals surface area contributed by atoms with Crippen LogP contribution < -0.4 is 5.32 Å². The van der Waals surface area contributed by atoms with E-state index in [1.165, 1.54) is 19.9 Å². The highest BCUT2D eigenvalue weighted by Gasteiger charge is 2.30. The Kier molecular flexibility index (Phi) is 5.19. The smallest absolute Gasteiger partial charge is 0.135 e. The molecule has 1 unspecified atom stereocenters. The number of hydrogen-bond acceptors (Lipinski definition) is 3. The zero-order valence-corrected chi connectivity index (χ0v) is 10.9. The third kappa shape index (κ3) is 3.48. The third-order valence-corrected chi connectivity index (χ3v) is 2.77. The Morgan fingerprint density at radius 3 is 2.67 bits per heavy atom. The number of benzene rings is 1. The quantitative estimate of drug-likeness (QED) is 0.764. The molecule has 0 saturated carbocycles. The van der Waals surface area contributed by atoms with Gasteiger partial charge in [-0.1, -0.05) is 6.07 Å². The fourth-order valence-corrected chi connectivity index (χ4v) is 1.74. The monoisotopic (exact) mass is 259 g/mol. The molecule has 1 aromatic carbocycles. The molecule has 0 fully saturated rings. The van der Waals surface area contributed by atoms with Crippen molar-refractivity contribution in [1.82, 2.24) is 5.32 Å². The second kappa shape index (κ2) is 6.22. The van der Waals surface area contributed by atoms with Gasteiger partial charge in [0.2, 0.25) is 0 Å². The Hall–Kier alpha value is -1.04. The summed E-state index contributed by atoms with van der Waals surface area (Å²) in [6.07, 6.45) is 0. The van der Waals surface area contributed by atoms with Gasteiger partial charge in [-0.15, -0.1) is 0 Å². The van der Waals surface area contributed by atoms with Crippen LogP contribution in [-0.4, -0.2) is 31.9 Å². The van der Waals surface area contributed by atoms with Gasteiger partial charge >= 0.3 is 0 Å². The van der Waals surface area contributed by atoms with E-state index < -0.39 is 17.2 Å². The van der Waals surface area contributed by atoms with Crippen molar-refractivity contribution in [2.75, 3.05) is 26.8 Å². The highest BCUT2D eigenvalue weighted by atomic mass is 19.1. The van der Waals surface area contributed by atoms with E-state index in [4.69, 9.17) is 4.74 Å². The Morgan fingerprint density at radius 2 is 2.06 bits per heavy atom. The van der Waals surface area contributed by atoms with Gasteiger partial charge in [-0.2, -0.15) is 0 Å². The van der Waals surface area contributed by atoms with Crippen LogP contribution in [0.15, 0.2) is 12.1 Å². The molecular weight excluding hydrogens is 240 g/mol. The molecule has 102 valence electrons. The highest BCUT2D eigenvalue weighted by Crippen LogP contribution is 2.27. The van der Waals surface area contributed by atoms with Crippen LogP contribution >= 0.6 is 0 Å². The maximum atomic E-state index is 13.9. The van der Waals surface area contributed by atoms with Gasteiger partial charge in [0, 0.05) is 20.2 Å². The van der Waals surface area contributed by atoms with Gasteiger partial charge in [0.1, 0.15) is 17.2 Å². The van der Waals surface area contributed by atoms with E-state index in [0.717, 1.165) is 6.07 Å². The summed E-state index contributed by atoms with van der Waals surface area (Å²) in [6.45, 7) is 3.94. The molecule has 1 atom stereocenters. The molecule has 0 spiro atoms. The predicted octanol–water partition coefficient (Wildman–Crippen LogP) is 1.72. The minimum atomic E-state index is -1.60. The first-order valence-electron chi connectivity index (χ1n) is 5.77. The number of hydrogen-bond donors (Lipinski definition) is 2. The average molecular weight is 259 g/mol. The van der Waals surface area contributed by atoms with Crippen LogP contribution in [0.5, 0.6) is 0 Å². The average Bonchev–Trinajstić information content (AvgIpc) is 2.30. The predicted molar refractivity (Wildman–Crippen MR) is 65.4 cm³/mol. The zero-order valence-electron chi connectivity index (χ0n) is 10.9. The van der Waals surface area contributed by atoms with Crippen LogP contribution in [-0.2, 0) is 10.3 Å². The number of ether oxygens (including phenoxy) is 1. The van der Waals surface area contributed by atoms with Crippen LogP contribution in [0.4, 0.5) is 8.78 Å². The lowest BCUT2D eigenvalue weighted by Gasteiger charge is -2.25. The summed E-state index contributed by atoms with van der Waals surface area (Å²) in [7, 11) is 1.56. The van der Waals surface area contributed by atoms with Gasteiger partial charge in [0.15, 0.2) is 0 Å². The number of halogens is 2. The van der Waals surface area contributed by atoms with Crippen molar-refractivity contribution >= 4 is 0 Å². The third-order valence-electron chi connectivity index (χ3n) is 2.77. The van der Waals surface area contributed by atoms with Gasteiger partial charge < -0.3 is 15.2 Å². The molecular formula is C13H19F2NO2. The van der Waals surface area contributed by atoms with E-state index in [-0.39, 0.29) is 12.1 Å². The minimum Gasteiger partial charge on any atom is -0.384 e. The molecule has 0 aliphatic heterocycles. The highest BCUT2D eigenvalue weighted by molar-refractivity contribution is 5.31. The molecule has 1 aromatic rings. The lowest BCUT2D eigenvalue weighted by atomic mass is 9.93. The summed E-state index contributed by atoms with van der Waals surface area (Å²) >= 11 is 0. The maximum Gasteiger partial charge on any atom is 0.135 e. The van der Waals surface area contributed by atoms with Crippen molar-refractivity contribution in [3.8, 4) is 0 Å². The van der Waals surface area contributed by atoms with E-state index >= 15 is 0 Å². The topological polar surface area (TPSA) is 41.5 Å². The van der Waals surface area contributed by atoms with Crippen LogP contribution in [0, 0.1) is 18.6 Å². The first kappa shape index (κ1) is 15.0. The summed E-state index contributed by atoms with van der Waals surface area (Å²) < 4.78 is 32.4. The van der Waals surface area contributed by atoms with E-state index in [2.05, 4.69) is 5.32 Å². The molecule has 18 heavy (non-hydrogen) atoms. The fraction of sp³-hybridized carbons (Fsp3) is 0.538. The van der Waals surface area contributed by atoms with Gasteiger partial charge in [-0.05, 0) is 25.5 Å². The summed E-state index contributed by atoms with van der Waals surface area (Å²) in [6, 6.07) is 2.51. The second-order valence-electron chi connectivity index (χ2n) is 4.50. The second-order valence-corrected chi connectivity index (χ2v) is 4.50. The molecule has 2 N–H and O–H groups in total. The molecule has 3 nitrogen and oxygen atoms in total. The number of methoxy groups -OCH3 is 1. The summed E-state index contributed by atoms with van der Waals surface area (Å²) in [5, 5.41) is 13.1. The molecule has 0 bridgehead atoms. The minimum absolute atomic E-state index is 0.0493. The number of aliphatic hydroxyl groups is 1. The molecule has 0 amide bonds. The lowest BCUT2D eigenvalue weighted by Crippen LogP contribution is -2.38. The van der Waals surface area contributed by atoms with Gasteiger partial charge in [-0.3, -0.25) is 0 Å². The van der Waals surface area contributed by atoms with Crippen LogP contribution in [0.2, 0.25) is 0 Å². The van der Waals surface area contributed by atoms with Crippen molar-refractivity contribution in [3.63, 3.8) is 0 Å². The van der Waals surface area contributed by atoms with Crippen molar-refractivity contribution in [2.24, 2.45) is 0 Å². The first-order valence-corrected chi connectivity index (χ1v) is 5.77. The number of aryl methyl sites for hydroxylation is 1. The van der Waals surface area contributed by atoms with Crippen LogP contribution in [0.1, 0.15) is 18.1 Å². The van der Waals surface area contributed by atoms with Crippen molar-refractivity contribution in [1.29, 1.82) is 0 Å². The van der Waals surface area contributed by atoms with E-state index in [0.29, 0.717) is 18.7 Å². The largest absolute Gasteiger partial charge is 0.384 e.